The molecule has 3 fully saturated rings. The van der Waals surface area contributed by atoms with Gasteiger partial charge >= 0.3 is 0 Å². The standard InChI is InChI=1S/C17H34N4/c1-16(2)21-12-10-20(11-13-21)15-17(4-5-17)14-19-8-6-18(3)7-9-19/h16H,4-15H2,1-3H3. The van der Waals surface area contributed by atoms with Crippen LogP contribution in [0.5, 0.6) is 0 Å². The molecule has 122 valence electrons. The highest BCUT2D eigenvalue weighted by molar-refractivity contribution is 4.99. The molecule has 0 amide bonds. The molecule has 2 saturated heterocycles. The Morgan fingerprint density at radius 2 is 1.24 bits per heavy atom. The summed E-state index contributed by atoms with van der Waals surface area (Å²) in [6.45, 7) is 17.5. The molecule has 0 bridgehead atoms. The van der Waals surface area contributed by atoms with E-state index in [1.807, 2.05) is 0 Å². The first-order valence-electron chi connectivity index (χ1n) is 8.94. The normalized spacial score (nSPS) is 29.1. The third kappa shape index (κ3) is 4.19. The van der Waals surface area contributed by atoms with E-state index >= 15 is 0 Å². The third-order valence-electron chi connectivity index (χ3n) is 5.81. The highest BCUT2D eigenvalue weighted by Crippen LogP contribution is 2.47. The summed E-state index contributed by atoms with van der Waals surface area (Å²) in [5.41, 5.74) is 0.649. The van der Waals surface area contributed by atoms with E-state index in [0.29, 0.717) is 11.5 Å². The lowest BCUT2D eigenvalue weighted by molar-refractivity contribution is 0.0743. The molecule has 0 N–H and O–H groups in total. The summed E-state index contributed by atoms with van der Waals surface area (Å²) in [5.74, 6) is 0. The Morgan fingerprint density at radius 3 is 1.67 bits per heavy atom. The van der Waals surface area contributed by atoms with Crippen LogP contribution in [0.3, 0.4) is 0 Å². The second kappa shape index (κ2) is 6.53. The molecule has 0 aromatic carbocycles. The van der Waals surface area contributed by atoms with Crippen molar-refractivity contribution in [1.29, 1.82) is 0 Å². The molecule has 1 saturated carbocycles. The molecule has 0 radical (unpaired) electrons. The largest absolute Gasteiger partial charge is 0.304 e. The Balaban J connectivity index is 1.42. The minimum absolute atomic E-state index is 0.649. The molecule has 4 heteroatoms. The number of hydrogen-bond acceptors (Lipinski definition) is 4. The Kier molecular flexibility index (Phi) is 4.89. The molecular weight excluding hydrogens is 260 g/mol. The van der Waals surface area contributed by atoms with Gasteiger partial charge in [0.15, 0.2) is 0 Å². The second-order valence-corrected chi connectivity index (χ2v) is 7.99. The van der Waals surface area contributed by atoms with Gasteiger partial charge in [0, 0.05) is 71.5 Å². The monoisotopic (exact) mass is 294 g/mol. The maximum atomic E-state index is 2.74. The van der Waals surface area contributed by atoms with Crippen molar-refractivity contribution < 1.29 is 0 Å². The van der Waals surface area contributed by atoms with E-state index in [0.717, 1.165) is 0 Å². The molecule has 0 unspecified atom stereocenters. The molecule has 0 aromatic heterocycles. The van der Waals surface area contributed by atoms with E-state index in [1.54, 1.807) is 0 Å². The lowest BCUT2D eigenvalue weighted by Crippen LogP contribution is -2.52. The fourth-order valence-corrected chi connectivity index (χ4v) is 3.94. The van der Waals surface area contributed by atoms with Crippen molar-refractivity contribution >= 4 is 0 Å². The molecule has 2 heterocycles. The van der Waals surface area contributed by atoms with Gasteiger partial charge in [0.2, 0.25) is 0 Å². The highest BCUT2D eigenvalue weighted by Gasteiger charge is 2.45. The van der Waals surface area contributed by atoms with E-state index in [2.05, 4.69) is 40.5 Å². The maximum Gasteiger partial charge on any atom is 0.0113 e. The van der Waals surface area contributed by atoms with Crippen molar-refractivity contribution in [1.82, 2.24) is 19.6 Å². The molecule has 0 atom stereocenters. The molecule has 4 nitrogen and oxygen atoms in total. The fraction of sp³-hybridized carbons (Fsp3) is 1.00. The zero-order valence-electron chi connectivity index (χ0n) is 14.4. The minimum atomic E-state index is 0.649. The second-order valence-electron chi connectivity index (χ2n) is 7.99. The van der Waals surface area contributed by atoms with E-state index in [-0.39, 0.29) is 0 Å². The summed E-state index contributed by atoms with van der Waals surface area (Å²) in [6.07, 6.45) is 2.92. The van der Waals surface area contributed by atoms with E-state index in [1.165, 1.54) is 78.3 Å². The van der Waals surface area contributed by atoms with Crippen molar-refractivity contribution in [2.24, 2.45) is 5.41 Å². The van der Waals surface area contributed by atoms with Gasteiger partial charge in [0.1, 0.15) is 0 Å². The van der Waals surface area contributed by atoms with Gasteiger partial charge in [0.05, 0.1) is 0 Å². The van der Waals surface area contributed by atoms with Crippen molar-refractivity contribution in [3.8, 4) is 0 Å². The summed E-state index contributed by atoms with van der Waals surface area (Å²) in [7, 11) is 2.25. The van der Waals surface area contributed by atoms with Gasteiger partial charge in [-0.15, -0.1) is 0 Å². The Bertz CT molecular complexity index is 324. The van der Waals surface area contributed by atoms with E-state index < -0.39 is 0 Å². The zero-order valence-corrected chi connectivity index (χ0v) is 14.4. The van der Waals surface area contributed by atoms with Crippen LogP contribution in [0.2, 0.25) is 0 Å². The number of nitrogens with zero attached hydrogens (tertiary/aromatic N) is 4. The van der Waals surface area contributed by atoms with Crippen LogP contribution in [0.15, 0.2) is 0 Å². The van der Waals surface area contributed by atoms with Gasteiger partial charge in [-0.05, 0) is 39.2 Å². The van der Waals surface area contributed by atoms with Crippen LogP contribution in [0.1, 0.15) is 26.7 Å². The number of hydrogen-bond donors (Lipinski definition) is 0. The molecule has 0 aromatic rings. The van der Waals surface area contributed by atoms with Crippen molar-refractivity contribution in [3.63, 3.8) is 0 Å². The van der Waals surface area contributed by atoms with E-state index in [9.17, 15) is 0 Å². The number of likely N-dealkylation sites (N-methyl/N-ethyl adjacent to an activating group) is 1. The Hall–Kier alpha value is -0.160. The van der Waals surface area contributed by atoms with Crippen molar-refractivity contribution in [2.75, 3.05) is 72.5 Å². The minimum Gasteiger partial charge on any atom is -0.304 e. The van der Waals surface area contributed by atoms with Crippen molar-refractivity contribution in [2.45, 2.75) is 32.7 Å². The van der Waals surface area contributed by atoms with Gasteiger partial charge in [0.25, 0.3) is 0 Å². The van der Waals surface area contributed by atoms with Gasteiger partial charge < -0.3 is 14.7 Å². The molecule has 3 aliphatic rings. The van der Waals surface area contributed by atoms with Gasteiger partial charge in [-0.2, -0.15) is 0 Å². The van der Waals surface area contributed by atoms with Crippen LogP contribution in [0.4, 0.5) is 0 Å². The summed E-state index contributed by atoms with van der Waals surface area (Å²) >= 11 is 0. The summed E-state index contributed by atoms with van der Waals surface area (Å²) in [4.78, 5) is 10.5. The predicted molar refractivity (Wildman–Crippen MR) is 88.8 cm³/mol. The first-order chi connectivity index (χ1) is 10.1. The third-order valence-corrected chi connectivity index (χ3v) is 5.81. The summed E-state index contributed by atoms with van der Waals surface area (Å²) in [6, 6.07) is 0.715. The van der Waals surface area contributed by atoms with Crippen LogP contribution in [0, 0.1) is 5.41 Å². The smallest absolute Gasteiger partial charge is 0.0113 e. The lowest BCUT2D eigenvalue weighted by atomic mass is 10.0. The fourth-order valence-electron chi connectivity index (χ4n) is 3.94. The first kappa shape index (κ1) is 15.7. The maximum absolute atomic E-state index is 2.74. The van der Waals surface area contributed by atoms with Crippen LogP contribution in [-0.4, -0.2) is 98.1 Å². The highest BCUT2D eigenvalue weighted by atomic mass is 15.3. The quantitative estimate of drug-likeness (QED) is 0.751. The van der Waals surface area contributed by atoms with Gasteiger partial charge in [-0.1, -0.05) is 0 Å². The summed E-state index contributed by atoms with van der Waals surface area (Å²) < 4.78 is 0. The summed E-state index contributed by atoms with van der Waals surface area (Å²) in [5, 5.41) is 0. The first-order valence-corrected chi connectivity index (χ1v) is 8.94. The Morgan fingerprint density at radius 1 is 0.762 bits per heavy atom. The molecule has 1 aliphatic carbocycles. The molecule has 0 spiro atoms. The van der Waals surface area contributed by atoms with Crippen LogP contribution >= 0.6 is 0 Å². The predicted octanol–water partition coefficient (Wildman–Crippen LogP) is 1.04. The van der Waals surface area contributed by atoms with Crippen molar-refractivity contribution in [3.05, 3.63) is 0 Å². The van der Waals surface area contributed by atoms with E-state index in [4.69, 9.17) is 0 Å². The molecule has 21 heavy (non-hydrogen) atoms. The average Bonchev–Trinajstić information content (AvgIpc) is 3.21. The van der Waals surface area contributed by atoms with Crippen LogP contribution in [-0.2, 0) is 0 Å². The van der Waals surface area contributed by atoms with Crippen LogP contribution < -0.4 is 0 Å². The zero-order chi connectivity index (χ0) is 14.9. The SMILES string of the molecule is CC(C)N1CCN(CC2(CN3CCN(C)CC3)CC2)CC1. The lowest BCUT2D eigenvalue weighted by Gasteiger charge is -2.40. The van der Waals surface area contributed by atoms with Gasteiger partial charge in [-0.3, -0.25) is 4.90 Å². The Labute approximate surface area is 131 Å². The molecule has 2 aliphatic heterocycles. The number of piperazine rings is 2. The number of rotatable bonds is 5. The topological polar surface area (TPSA) is 13.0 Å². The molecule has 3 rings (SSSR count). The molecular formula is C17H34N4. The average molecular weight is 294 g/mol. The van der Waals surface area contributed by atoms with Gasteiger partial charge in [-0.25, -0.2) is 0 Å². The van der Waals surface area contributed by atoms with Crippen LogP contribution in [0.25, 0.3) is 0 Å².